The van der Waals surface area contributed by atoms with Crippen LogP contribution in [0.3, 0.4) is 0 Å². The van der Waals surface area contributed by atoms with Gasteiger partial charge in [0.1, 0.15) is 11.6 Å². The normalized spacial score (nSPS) is 13.7. The van der Waals surface area contributed by atoms with Crippen LogP contribution in [0.4, 0.5) is 23.4 Å². The zero-order chi connectivity index (χ0) is 22.6. The summed E-state index contributed by atoms with van der Waals surface area (Å²) < 4.78 is 10.8. The molecule has 10 heteroatoms. The predicted octanol–water partition coefficient (Wildman–Crippen LogP) is 3.11. The van der Waals surface area contributed by atoms with Crippen molar-refractivity contribution in [3.05, 3.63) is 48.9 Å². The van der Waals surface area contributed by atoms with Gasteiger partial charge in [-0.15, -0.1) is 0 Å². The first-order valence-corrected chi connectivity index (χ1v) is 10.6. The van der Waals surface area contributed by atoms with E-state index in [0.717, 1.165) is 52.5 Å². The van der Waals surface area contributed by atoms with E-state index in [1.165, 1.54) is 0 Å². The van der Waals surface area contributed by atoms with E-state index in [2.05, 4.69) is 30.5 Å². The molecule has 1 aliphatic heterocycles. The van der Waals surface area contributed by atoms with Crippen LogP contribution in [0, 0.1) is 0 Å². The molecule has 4 aromatic rings. The Morgan fingerprint density at radius 3 is 2.52 bits per heavy atom. The lowest BCUT2D eigenvalue weighted by molar-refractivity contribution is 0.122. The SMILES string of the molecule is CNc1ncc(-c2cc(N3CCOCC3)nc(Nc3cnc4ccc(OC)cc4c3)n2)cn1. The van der Waals surface area contributed by atoms with Crippen molar-refractivity contribution in [2.75, 3.05) is 56.0 Å². The zero-order valence-corrected chi connectivity index (χ0v) is 18.4. The predicted molar refractivity (Wildman–Crippen MR) is 127 cm³/mol. The Labute approximate surface area is 191 Å². The zero-order valence-electron chi connectivity index (χ0n) is 18.4. The molecule has 10 nitrogen and oxygen atoms in total. The summed E-state index contributed by atoms with van der Waals surface area (Å²) in [6.07, 6.45) is 5.26. The maximum atomic E-state index is 5.50. The fourth-order valence-corrected chi connectivity index (χ4v) is 3.62. The van der Waals surface area contributed by atoms with Crippen molar-refractivity contribution in [3.8, 4) is 17.0 Å². The van der Waals surface area contributed by atoms with E-state index in [4.69, 9.17) is 19.4 Å². The van der Waals surface area contributed by atoms with Gasteiger partial charge in [-0.1, -0.05) is 0 Å². The van der Waals surface area contributed by atoms with Crippen LogP contribution in [0.25, 0.3) is 22.2 Å². The van der Waals surface area contributed by atoms with Crippen LogP contribution >= 0.6 is 0 Å². The number of aromatic nitrogens is 5. The topological polar surface area (TPSA) is 110 Å². The van der Waals surface area contributed by atoms with Crippen molar-refractivity contribution in [1.29, 1.82) is 0 Å². The van der Waals surface area contributed by atoms with E-state index in [-0.39, 0.29) is 0 Å². The molecule has 4 heterocycles. The van der Waals surface area contributed by atoms with Crippen molar-refractivity contribution in [2.24, 2.45) is 0 Å². The molecule has 0 atom stereocenters. The minimum atomic E-state index is 0.468. The number of fused-ring (bicyclic) bond motifs is 1. The van der Waals surface area contributed by atoms with Crippen LogP contribution in [-0.4, -0.2) is 65.4 Å². The van der Waals surface area contributed by atoms with E-state index in [1.807, 2.05) is 30.3 Å². The third-order valence-electron chi connectivity index (χ3n) is 5.36. The van der Waals surface area contributed by atoms with Gasteiger partial charge < -0.3 is 25.0 Å². The van der Waals surface area contributed by atoms with Gasteiger partial charge in [0.15, 0.2) is 0 Å². The molecule has 3 aromatic heterocycles. The molecule has 1 aliphatic rings. The third kappa shape index (κ3) is 4.60. The average molecular weight is 444 g/mol. The minimum Gasteiger partial charge on any atom is -0.497 e. The van der Waals surface area contributed by atoms with E-state index in [9.17, 15) is 0 Å². The minimum absolute atomic E-state index is 0.468. The number of hydrogen-bond acceptors (Lipinski definition) is 10. The van der Waals surface area contributed by atoms with Gasteiger partial charge in [0.05, 0.1) is 43.4 Å². The number of methoxy groups -OCH3 is 1. The number of hydrogen-bond donors (Lipinski definition) is 2. The number of pyridine rings is 1. The molecule has 1 aromatic carbocycles. The van der Waals surface area contributed by atoms with Crippen LogP contribution in [0.15, 0.2) is 48.9 Å². The standard InChI is InChI=1S/C23H24N8O2/c1-24-22-26-12-16(13-27-22)20-11-21(31-5-7-33-8-6-31)30-23(29-20)28-17-9-15-10-18(32-2)3-4-19(15)25-14-17/h3-4,9-14H,5-8H2,1-2H3,(H,24,26,27)(H,28,29,30). The Morgan fingerprint density at radius 2 is 1.76 bits per heavy atom. The summed E-state index contributed by atoms with van der Waals surface area (Å²) >= 11 is 0. The number of nitrogens with one attached hydrogen (secondary N) is 2. The van der Waals surface area contributed by atoms with Gasteiger partial charge in [0.2, 0.25) is 11.9 Å². The highest BCUT2D eigenvalue weighted by atomic mass is 16.5. The van der Waals surface area contributed by atoms with Crippen LogP contribution < -0.4 is 20.3 Å². The molecule has 5 rings (SSSR count). The fourth-order valence-electron chi connectivity index (χ4n) is 3.62. The lowest BCUT2D eigenvalue weighted by atomic mass is 10.2. The molecule has 1 saturated heterocycles. The average Bonchev–Trinajstić information content (AvgIpc) is 2.88. The van der Waals surface area contributed by atoms with Crippen molar-refractivity contribution >= 4 is 34.3 Å². The van der Waals surface area contributed by atoms with E-state index < -0.39 is 0 Å². The summed E-state index contributed by atoms with van der Waals surface area (Å²) in [5.74, 6) is 2.62. The van der Waals surface area contributed by atoms with Crippen LogP contribution in [0.5, 0.6) is 5.75 Å². The molecule has 1 fully saturated rings. The van der Waals surface area contributed by atoms with Crippen LogP contribution in [0.1, 0.15) is 0 Å². The Kier molecular flexibility index (Phi) is 5.81. The lowest BCUT2D eigenvalue weighted by Gasteiger charge is -2.28. The van der Waals surface area contributed by atoms with Gasteiger partial charge in [0.25, 0.3) is 0 Å². The van der Waals surface area contributed by atoms with Gasteiger partial charge in [-0.3, -0.25) is 4.98 Å². The number of ether oxygens (including phenoxy) is 2. The Balaban J connectivity index is 1.51. The van der Waals surface area contributed by atoms with Gasteiger partial charge in [0, 0.05) is 49.5 Å². The Hall–Kier alpha value is -4.05. The molecule has 0 spiro atoms. The highest BCUT2D eigenvalue weighted by Gasteiger charge is 2.16. The van der Waals surface area contributed by atoms with Gasteiger partial charge in [-0.2, -0.15) is 4.98 Å². The fraction of sp³-hybridized carbons (Fsp3) is 0.261. The molecule has 0 radical (unpaired) electrons. The first-order chi connectivity index (χ1) is 16.2. The summed E-state index contributed by atoms with van der Waals surface area (Å²) in [6.45, 7) is 2.86. The van der Waals surface area contributed by atoms with E-state index in [0.29, 0.717) is 25.1 Å². The second-order valence-corrected chi connectivity index (χ2v) is 7.49. The summed E-state index contributed by atoms with van der Waals surface area (Å²) in [5, 5.41) is 7.20. The maximum absolute atomic E-state index is 5.50. The van der Waals surface area contributed by atoms with Crippen molar-refractivity contribution < 1.29 is 9.47 Å². The summed E-state index contributed by atoms with van der Waals surface area (Å²) in [6, 6.07) is 9.73. The molecular weight excluding hydrogens is 420 g/mol. The van der Waals surface area contributed by atoms with Crippen molar-refractivity contribution in [2.45, 2.75) is 0 Å². The second-order valence-electron chi connectivity index (χ2n) is 7.49. The number of anilines is 4. The van der Waals surface area contributed by atoms with Gasteiger partial charge in [-0.25, -0.2) is 15.0 Å². The molecule has 0 amide bonds. The summed E-state index contributed by atoms with van der Waals surface area (Å²) in [5.41, 5.74) is 3.19. The first-order valence-electron chi connectivity index (χ1n) is 10.6. The second kappa shape index (κ2) is 9.21. The van der Waals surface area contributed by atoms with Crippen LogP contribution in [-0.2, 0) is 4.74 Å². The molecule has 0 aliphatic carbocycles. The third-order valence-corrected chi connectivity index (χ3v) is 5.36. The summed E-state index contributed by atoms with van der Waals surface area (Å²) in [4.78, 5) is 24.9. The molecule has 2 N–H and O–H groups in total. The van der Waals surface area contributed by atoms with Crippen LogP contribution in [0.2, 0.25) is 0 Å². The van der Waals surface area contributed by atoms with Gasteiger partial charge >= 0.3 is 0 Å². The maximum Gasteiger partial charge on any atom is 0.229 e. The monoisotopic (exact) mass is 444 g/mol. The molecule has 168 valence electrons. The molecule has 0 saturated carbocycles. The molecule has 0 unspecified atom stereocenters. The molecule has 0 bridgehead atoms. The van der Waals surface area contributed by atoms with Crippen molar-refractivity contribution in [3.63, 3.8) is 0 Å². The Morgan fingerprint density at radius 1 is 0.939 bits per heavy atom. The highest BCUT2D eigenvalue weighted by Crippen LogP contribution is 2.27. The van der Waals surface area contributed by atoms with E-state index in [1.54, 1.807) is 32.7 Å². The number of benzene rings is 1. The Bertz CT molecular complexity index is 1260. The molecular formula is C23H24N8O2. The first kappa shape index (κ1) is 20.8. The number of morpholine rings is 1. The van der Waals surface area contributed by atoms with Crippen molar-refractivity contribution in [1.82, 2.24) is 24.9 Å². The highest BCUT2D eigenvalue weighted by molar-refractivity contribution is 5.83. The quantitative estimate of drug-likeness (QED) is 0.460. The number of rotatable bonds is 6. The largest absolute Gasteiger partial charge is 0.497 e. The van der Waals surface area contributed by atoms with Gasteiger partial charge in [-0.05, 0) is 24.3 Å². The smallest absolute Gasteiger partial charge is 0.229 e. The number of nitrogens with zero attached hydrogens (tertiary/aromatic N) is 6. The molecule has 33 heavy (non-hydrogen) atoms. The lowest BCUT2D eigenvalue weighted by Crippen LogP contribution is -2.36. The summed E-state index contributed by atoms with van der Waals surface area (Å²) in [7, 11) is 3.43. The van der Waals surface area contributed by atoms with E-state index >= 15 is 0 Å².